The van der Waals surface area contributed by atoms with Gasteiger partial charge < -0.3 is 10.6 Å². The van der Waals surface area contributed by atoms with Crippen molar-refractivity contribution in [2.75, 3.05) is 23.7 Å². The molecule has 2 aromatic heterocycles. The van der Waals surface area contributed by atoms with E-state index in [4.69, 9.17) is 4.98 Å². The Morgan fingerprint density at radius 3 is 2.93 bits per heavy atom. The Morgan fingerprint density at radius 1 is 1.31 bits per heavy atom. The topological polar surface area (TPSA) is 85.9 Å². The summed E-state index contributed by atoms with van der Waals surface area (Å²) in [6.07, 6.45) is 1.91. The van der Waals surface area contributed by atoms with E-state index in [9.17, 15) is 9.18 Å². The number of carbonyl (C=O) groups is 1. The van der Waals surface area contributed by atoms with E-state index < -0.39 is 5.82 Å². The molecule has 0 radical (unpaired) electrons. The predicted molar refractivity (Wildman–Crippen MR) is 111 cm³/mol. The molecule has 4 rings (SSSR count). The third-order valence-electron chi connectivity index (χ3n) is 5.07. The summed E-state index contributed by atoms with van der Waals surface area (Å²) >= 11 is 0. The second-order valence-corrected chi connectivity index (χ2v) is 7.66. The van der Waals surface area contributed by atoms with Crippen molar-refractivity contribution in [2.45, 2.75) is 38.8 Å². The van der Waals surface area contributed by atoms with Gasteiger partial charge in [0.05, 0.1) is 29.4 Å². The van der Waals surface area contributed by atoms with Gasteiger partial charge in [-0.05, 0) is 57.5 Å². The van der Waals surface area contributed by atoms with Crippen LogP contribution in [0.2, 0.25) is 0 Å². The highest BCUT2D eigenvalue weighted by Crippen LogP contribution is 2.32. The Bertz CT molecular complexity index is 1020. The first-order valence-electron chi connectivity index (χ1n) is 9.91. The van der Waals surface area contributed by atoms with Gasteiger partial charge in [0.15, 0.2) is 11.5 Å². The lowest BCUT2D eigenvalue weighted by atomic mass is 10.1. The number of halogens is 1. The summed E-state index contributed by atoms with van der Waals surface area (Å²) in [5.41, 5.74) is 1.84. The van der Waals surface area contributed by atoms with Crippen LogP contribution in [0.15, 0.2) is 36.4 Å². The van der Waals surface area contributed by atoms with Crippen molar-refractivity contribution >= 4 is 28.4 Å². The molecule has 1 aromatic carbocycles. The summed E-state index contributed by atoms with van der Waals surface area (Å²) in [6, 6.07) is 10.5. The van der Waals surface area contributed by atoms with E-state index in [0.717, 1.165) is 41.9 Å². The van der Waals surface area contributed by atoms with Gasteiger partial charge in [0.2, 0.25) is 5.91 Å². The summed E-state index contributed by atoms with van der Waals surface area (Å²) in [5, 5.41) is 14.2. The molecule has 0 spiro atoms. The Morgan fingerprint density at radius 2 is 2.14 bits per heavy atom. The number of benzene rings is 1. The summed E-state index contributed by atoms with van der Waals surface area (Å²) < 4.78 is 13.8. The quantitative estimate of drug-likeness (QED) is 0.592. The normalized spacial score (nSPS) is 17.2. The molecule has 1 atom stereocenters. The molecular formula is C21H25FN6O. The van der Waals surface area contributed by atoms with Gasteiger partial charge in [0.1, 0.15) is 5.82 Å². The number of hydrogen-bond acceptors (Lipinski definition) is 5. The zero-order chi connectivity index (χ0) is 20.4. The van der Waals surface area contributed by atoms with Crippen LogP contribution in [-0.4, -0.2) is 45.1 Å². The SMILES string of the molecule is CC(C)Nc1n[nH]c2nc([C@@H]3CCCN3CC(=O)Nc3ccccc3F)ccc12. The minimum Gasteiger partial charge on any atom is -0.366 e. The number of nitrogens with zero attached hydrogens (tertiary/aromatic N) is 3. The first kappa shape index (κ1) is 19.3. The molecule has 0 bridgehead atoms. The van der Waals surface area contributed by atoms with E-state index in [0.29, 0.717) is 0 Å². The average Bonchev–Trinajstić information content (AvgIpc) is 3.30. The molecule has 0 unspecified atom stereocenters. The number of rotatable bonds is 6. The van der Waals surface area contributed by atoms with Gasteiger partial charge in [-0.1, -0.05) is 12.1 Å². The second kappa shape index (κ2) is 8.16. The van der Waals surface area contributed by atoms with Crippen LogP contribution in [0.3, 0.4) is 0 Å². The Labute approximate surface area is 168 Å². The van der Waals surface area contributed by atoms with Crippen molar-refractivity contribution in [3.05, 3.63) is 47.9 Å². The van der Waals surface area contributed by atoms with Crippen LogP contribution in [0.5, 0.6) is 0 Å². The second-order valence-electron chi connectivity index (χ2n) is 7.66. The molecule has 0 saturated carbocycles. The number of amides is 1. The van der Waals surface area contributed by atoms with Gasteiger partial charge in [0, 0.05) is 6.04 Å². The minimum atomic E-state index is -0.434. The summed E-state index contributed by atoms with van der Waals surface area (Å²) in [5.74, 6) is 0.130. The number of H-pyrrole nitrogens is 1. The van der Waals surface area contributed by atoms with Gasteiger partial charge >= 0.3 is 0 Å². The number of aromatic amines is 1. The molecule has 7 nitrogen and oxygen atoms in total. The van der Waals surface area contributed by atoms with Gasteiger partial charge in [-0.25, -0.2) is 9.37 Å². The molecule has 3 heterocycles. The largest absolute Gasteiger partial charge is 0.366 e. The first-order chi connectivity index (χ1) is 14.0. The highest BCUT2D eigenvalue weighted by Gasteiger charge is 2.29. The molecular weight excluding hydrogens is 371 g/mol. The molecule has 152 valence electrons. The lowest BCUT2D eigenvalue weighted by Crippen LogP contribution is -2.33. The number of anilines is 2. The number of hydrogen-bond donors (Lipinski definition) is 3. The fourth-order valence-corrected chi connectivity index (χ4v) is 3.78. The fourth-order valence-electron chi connectivity index (χ4n) is 3.78. The molecule has 29 heavy (non-hydrogen) atoms. The fraction of sp³-hybridized carbons (Fsp3) is 0.381. The first-order valence-corrected chi connectivity index (χ1v) is 9.91. The van der Waals surface area contributed by atoms with Crippen LogP contribution in [0.1, 0.15) is 38.4 Å². The van der Waals surface area contributed by atoms with E-state index >= 15 is 0 Å². The van der Waals surface area contributed by atoms with Crippen LogP contribution in [0.25, 0.3) is 11.0 Å². The molecule has 1 saturated heterocycles. The Hall–Kier alpha value is -3.00. The van der Waals surface area contributed by atoms with Gasteiger partial charge in [0.25, 0.3) is 0 Å². The van der Waals surface area contributed by atoms with Crippen molar-refractivity contribution < 1.29 is 9.18 Å². The molecule has 1 aliphatic heterocycles. The van der Waals surface area contributed by atoms with Crippen LogP contribution >= 0.6 is 0 Å². The number of nitrogens with one attached hydrogen (secondary N) is 3. The lowest BCUT2D eigenvalue weighted by Gasteiger charge is -2.23. The Kier molecular flexibility index (Phi) is 5.44. The summed E-state index contributed by atoms with van der Waals surface area (Å²) in [4.78, 5) is 19.3. The summed E-state index contributed by atoms with van der Waals surface area (Å²) in [7, 11) is 0. The number of fused-ring (bicyclic) bond motifs is 1. The molecule has 8 heteroatoms. The van der Waals surface area contributed by atoms with Crippen LogP contribution < -0.4 is 10.6 Å². The molecule has 1 aliphatic rings. The van der Waals surface area contributed by atoms with E-state index in [2.05, 4.69) is 39.6 Å². The lowest BCUT2D eigenvalue weighted by molar-refractivity contribution is -0.117. The standard InChI is InChI=1S/C21H25FN6O/c1-13(2)23-20-14-9-10-17(25-21(14)27-26-20)18-8-5-11-28(18)12-19(29)24-16-7-4-3-6-15(16)22/h3-4,6-7,9-10,13,18H,5,8,11-12H2,1-2H3,(H,24,29)(H2,23,25,26,27)/t18-/m0/s1. The molecule has 1 amide bonds. The van der Waals surface area contributed by atoms with E-state index in [1.54, 1.807) is 18.2 Å². The number of likely N-dealkylation sites (tertiary alicyclic amines) is 1. The smallest absolute Gasteiger partial charge is 0.238 e. The highest BCUT2D eigenvalue weighted by molar-refractivity contribution is 5.92. The zero-order valence-electron chi connectivity index (χ0n) is 16.6. The van der Waals surface area contributed by atoms with Gasteiger partial charge in [-0.3, -0.25) is 14.8 Å². The van der Waals surface area contributed by atoms with E-state index in [-0.39, 0.29) is 30.2 Å². The van der Waals surface area contributed by atoms with Gasteiger partial charge in [-0.15, -0.1) is 0 Å². The van der Waals surface area contributed by atoms with Crippen LogP contribution in [-0.2, 0) is 4.79 Å². The maximum absolute atomic E-state index is 13.8. The van der Waals surface area contributed by atoms with Crippen LogP contribution in [0.4, 0.5) is 15.9 Å². The molecule has 3 aromatic rings. The van der Waals surface area contributed by atoms with Gasteiger partial charge in [-0.2, -0.15) is 5.10 Å². The summed E-state index contributed by atoms with van der Waals surface area (Å²) in [6.45, 7) is 5.12. The third kappa shape index (κ3) is 4.22. The molecule has 0 aliphatic carbocycles. The van der Waals surface area contributed by atoms with Crippen molar-refractivity contribution in [1.29, 1.82) is 0 Å². The minimum absolute atomic E-state index is 0.0515. The average molecular weight is 396 g/mol. The molecule has 1 fully saturated rings. The van der Waals surface area contributed by atoms with Crippen molar-refractivity contribution in [3.8, 4) is 0 Å². The number of carbonyl (C=O) groups excluding carboxylic acids is 1. The monoisotopic (exact) mass is 396 g/mol. The maximum Gasteiger partial charge on any atom is 0.238 e. The number of pyridine rings is 1. The molecule has 3 N–H and O–H groups in total. The van der Waals surface area contributed by atoms with Crippen LogP contribution in [0, 0.1) is 5.82 Å². The zero-order valence-corrected chi connectivity index (χ0v) is 16.6. The van der Waals surface area contributed by atoms with E-state index in [1.807, 2.05) is 12.1 Å². The van der Waals surface area contributed by atoms with Crippen molar-refractivity contribution in [3.63, 3.8) is 0 Å². The van der Waals surface area contributed by atoms with Crippen molar-refractivity contribution in [1.82, 2.24) is 20.1 Å². The van der Waals surface area contributed by atoms with Crippen molar-refractivity contribution in [2.24, 2.45) is 0 Å². The predicted octanol–water partition coefficient (Wildman–Crippen LogP) is 3.69. The third-order valence-corrected chi connectivity index (χ3v) is 5.07. The number of aromatic nitrogens is 3. The maximum atomic E-state index is 13.8. The van der Waals surface area contributed by atoms with E-state index in [1.165, 1.54) is 6.07 Å². The highest BCUT2D eigenvalue weighted by atomic mass is 19.1. The number of para-hydroxylation sites is 1. The Balaban J connectivity index is 1.48.